The summed E-state index contributed by atoms with van der Waals surface area (Å²) in [5, 5.41) is 2.91. The van der Waals surface area contributed by atoms with Crippen LogP contribution >= 0.6 is 11.8 Å². The van der Waals surface area contributed by atoms with Gasteiger partial charge in [-0.3, -0.25) is 4.79 Å². The molecule has 0 aliphatic heterocycles. The number of carbonyl (C=O) groups is 1. The highest BCUT2D eigenvalue weighted by atomic mass is 32.2. The Labute approximate surface area is 107 Å². The molecular weight excluding hydrogens is 232 g/mol. The maximum Gasteiger partial charge on any atom is 0.234 e. The van der Waals surface area contributed by atoms with Crippen molar-refractivity contribution in [3.8, 4) is 0 Å². The van der Waals surface area contributed by atoms with Gasteiger partial charge in [0.2, 0.25) is 5.91 Å². The molecule has 94 valence electrons. The molecule has 4 heteroatoms. The first-order chi connectivity index (χ1) is 7.99. The second-order valence-electron chi connectivity index (χ2n) is 4.36. The highest BCUT2D eigenvalue weighted by Gasteiger charge is 2.05. The van der Waals surface area contributed by atoms with E-state index in [1.54, 1.807) is 11.8 Å². The zero-order valence-corrected chi connectivity index (χ0v) is 11.4. The summed E-state index contributed by atoms with van der Waals surface area (Å²) < 4.78 is 0. The summed E-state index contributed by atoms with van der Waals surface area (Å²) >= 11 is 1.56. The SMILES string of the molecule is Cc1ccc(NC(=O)CSCC(C)N)c(C)c1. The Morgan fingerprint density at radius 2 is 2.18 bits per heavy atom. The number of aryl methyl sites for hydroxylation is 2. The first-order valence-corrected chi connectivity index (χ1v) is 6.85. The normalized spacial score (nSPS) is 12.2. The minimum absolute atomic E-state index is 0.0302. The molecule has 0 heterocycles. The topological polar surface area (TPSA) is 55.1 Å². The molecule has 3 N–H and O–H groups in total. The number of nitrogens with one attached hydrogen (secondary N) is 1. The van der Waals surface area contributed by atoms with Gasteiger partial charge in [-0.2, -0.15) is 11.8 Å². The Balaban J connectivity index is 2.45. The molecule has 1 unspecified atom stereocenters. The quantitative estimate of drug-likeness (QED) is 0.845. The van der Waals surface area contributed by atoms with Gasteiger partial charge in [0.1, 0.15) is 0 Å². The third-order valence-electron chi connectivity index (χ3n) is 2.27. The van der Waals surface area contributed by atoms with Crippen LogP contribution in [0.1, 0.15) is 18.1 Å². The van der Waals surface area contributed by atoms with Gasteiger partial charge in [-0.05, 0) is 32.4 Å². The molecule has 0 aliphatic rings. The lowest BCUT2D eigenvalue weighted by Gasteiger charge is -2.09. The lowest BCUT2D eigenvalue weighted by atomic mass is 10.1. The Bertz CT molecular complexity index is 391. The van der Waals surface area contributed by atoms with Crippen molar-refractivity contribution in [1.29, 1.82) is 0 Å². The van der Waals surface area contributed by atoms with E-state index in [1.165, 1.54) is 5.56 Å². The number of carbonyl (C=O) groups excluding carboxylic acids is 1. The molecule has 0 aromatic heterocycles. The Morgan fingerprint density at radius 3 is 2.76 bits per heavy atom. The van der Waals surface area contributed by atoms with Crippen LogP contribution in [-0.4, -0.2) is 23.5 Å². The van der Waals surface area contributed by atoms with Crippen molar-refractivity contribution < 1.29 is 4.79 Å². The van der Waals surface area contributed by atoms with Crippen molar-refractivity contribution in [1.82, 2.24) is 0 Å². The van der Waals surface area contributed by atoms with Crippen LogP contribution in [0.15, 0.2) is 18.2 Å². The lowest BCUT2D eigenvalue weighted by Crippen LogP contribution is -2.20. The first kappa shape index (κ1) is 14.1. The van der Waals surface area contributed by atoms with Crippen LogP contribution in [-0.2, 0) is 4.79 Å². The smallest absolute Gasteiger partial charge is 0.234 e. The molecule has 0 aliphatic carbocycles. The highest BCUT2D eigenvalue weighted by molar-refractivity contribution is 8.00. The predicted octanol–water partition coefficient (Wildman–Crippen LogP) is 2.32. The molecule has 0 fully saturated rings. The van der Waals surface area contributed by atoms with Gasteiger partial charge in [0.25, 0.3) is 0 Å². The van der Waals surface area contributed by atoms with Crippen LogP contribution in [0.4, 0.5) is 5.69 Å². The molecule has 0 radical (unpaired) electrons. The van der Waals surface area contributed by atoms with Gasteiger partial charge < -0.3 is 11.1 Å². The summed E-state index contributed by atoms with van der Waals surface area (Å²) in [6.45, 7) is 5.98. The molecule has 3 nitrogen and oxygen atoms in total. The van der Waals surface area contributed by atoms with E-state index in [4.69, 9.17) is 5.73 Å². The molecule has 0 saturated heterocycles. The van der Waals surface area contributed by atoms with Crippen LogP contribution in [0.25, 0.3) is 0 Å². The number of nitrogens with two attached hydrogens (primary N) is 1. The predicted molar refractivity (Wildman–Crippen MR) is 75.5 cm³/mol. The van der Waals surface area contributed by atoms with E-state index in [1.807, 2.05) is 32.9 Å². The Morgan fingerprint density at radius 1 is 1.47 bits per heavy atom. The number of hydrogen-bond acceptors (Lipinski definition) is 3. The summed E-state index contributed by atoms with van der Waals surface area (Å²) in [4.78, 5) is 11.7. The Hall–Kier alpha value is -1.00. The fourth-order valence-corrected chi connectivity index (χ4v) is 2.22. The molecular formula is C13H20N2OS. The fraction of sp³-hybridized carbons (Fsp3) is 0.462. The largest absolute Gasteiger partial charge is 0.327 e. The number of thioether (sulfide) groups is 1. The molecule has 1 rings (SSSR count). The average molecular weight is 252 g/mol. The minimum Gasteiger partial charge on any atom is -0.327 e. The third-order valence-corrected chi connectivity index (χ3v) is 3.50. The summed E-state index contributed by atoms with van der Waals surface area (Å²) in [5.41, 5.74) is 8.80. The molecule has 0 spiro atoms. The van der Waals surface area contributed by atoms with Crippen molar-refractivity contribution in [3.63, 3.8) is 0 Å². The number of benzene rings is 1. The zero-order chi connectivity index (χ0) is 12.8. The van der Waals surface area contributed by atoms with E-state index in [-0.39, 0.29) is 11.9 Å². The van der Waals surface area contributed by atoms with Crippen LogP contribution in [0, 0.1) is 13.8 Å². The lowest BCUT2D eigenvalue weighted by molar-refractivity contribution is -0.113. The van der Waals surface area contributed by atoms with E-state index in [2.05, 4.69) is 11.4 Å². The molecule has 0 bridgehead atoms. The van der Waals surface area contributed by atoms with Crippen LogP contribution < -0.4 is 11.1 Å². The second-order valence-corrected chi connectivity index (χ2v) is 5.39. The standard InChI is InChI=1S/C13H20N2OS/c1-9-4-5-12(10(2)6-9)15-13(16)8-17-7-11(3)14/h4-6,11H,7-8,14H2,1-3H3,(H,15,16). The summed E-state index contributed by atoms with van der Waals surface area (Å²) in [6, 6.07) is 6.13. The third kappa shape index (κ3) is 5.24. The maximum absolute atomic E-state index is 11.7. The van der Waals surface area contributed by atoms with Gasteiger partial charge in [0.05, 0.1) is 5.75 Å². The van der Waals surface area contributed by atoms with E-state index < -0.39 is 0 Å². The minimum atomic E-state index is 0.0302. The van der Waals surface area contributed by atoms with E-state index in [0.29, 0.717) is 5.75 Å². The molecule has 1 amide bonds. The van der Waals surface area contributed by atoms with Crippen molar-refractivity contribution in [2.45, 2.75) is 26.8 Å². The number of rotatable bonds is 5. The van der Waals surface area contributed by atoms with Crippen molar-refractivity contribution in [3.05, 3.63) is 29.3 Å². The zero-order valence-electron chi connectivity index (χ0n) is 10.6. The number of amides is 1. The van der Waals surface area contributed by atoms with Gasteiger partial charge >= 0.3 is 0 Å². The van der Waals surface area contributed by atoms with Crippen molar-refractivity contribution in [2.24, 2.45) is 5.73 Å². The number of hydrogen-bond donors (Lipinski definition) is 2. The summed E-state index contributed by atoms with van der Waals surface area (Å²) in [7, 11) is 0. The van der Waals surface area contributed by atoms with Crippen molar-refractivity contribution >= 4 is 23.4 Å². The van der Waals surface area contributed by atoms with E-state index in [0.717, 1.165) is 17.0 Å². The molecule has 1 aromatic rings. The first-order valence-electron chi connectivity index (χ1n) is 5.69. The van der Waals surface area contributed by atoms with Gasteiger partial charge in [0.15, 0.2) is 0 Å². The average Bonchev–Trinajstić information content (AvgIpc) is 2.21. The maximum atomic E-state index is 11.7. The molecule has 1 atom stereocenters. The Kier molecular flexibility index (Phi) is 5.51. The van der Waals surface area contributed by atoms with Gasteiger partial charge in [0, 0.05) is 17.5 Å². The fourth-order valence-electron chi connectivity index (χ4n) is 1.48. The van der Waals surface area contributed by atoms with E-state index in [9.17, 15) is 4.79 Å². The van der Waals surface area contributed by atoms with Crippen LogP contribution in [0.3, 0.4) is 0 Å². The molecule has 17 heavy (non-hydrogen) atoms. The highest BCUT2D eigenvalue weighted by Crippen LogP contribution is 2.16. The summed E-state index contributed by atoms with van der Waals surface area (Å²) in [5.74, 6) is 1.29. The van der Waals surface area contributed by atoms with Gasteiger partial charge in [-0.1, -0.05) is 17.7 Å². The second kappa shape index (κ2) is 6.67. The molecule has 0 saturated carbocycles. The van der Waals surface area contributed by atoms with Gasteiger partial charge in [-0.25, -0.2) is 0 Å². The van der Waals surface area contributed by atoms with Crippen LogP contribution in [0.2, 0.25) is 0 Å². The van der Waals surface area contributed by atoms with Gasteiger partial charge in [-0.15, -0.1) is 0 Å². The van der Waals surface area contributed by atoms with Crippen LogP contribution in [0.5, 0.6) is 0 Å². The monoisotopic (exact) mass is 252 g/mol. The summed E-state index contributed by atoms with van der Waals surface area (Å²) in [6.07, 6.45) is 0. The van der Waals surface area contributed by atoms with E-state index >= 15 is 0 Å². The number of anilines is 1. The van der Waals surface area contributed by atoms with Crippen molar-refractivity contribution in [2.75, 3.05) is 16.8 Å². The molecule has 1 aromatic carbocycles.